The van der Waals surface area contributed by atoms with Gasteiger partial charge in [-0.05, 0) is 35.1 Å². The van der Waals surface area contributed by atoms with Gasteiger partial charge in [-0.15, -0.1) is 0 Å². The number of para-hydroxylation sites is 2. The van der Waals surface area contributed by atoms with E-state index in [1.54, 1.807) is 36.4 Å². The number of phenols is 1. The predicted octanol–water partition coefficient (Wildman–Crippen LogP) is 6.58. The number of aromatic hydroxyl groups is 1. The van der Waals surface area contributed by atoms with Crippen LogP contribution in [0, 0.1) is 7.43 Å². The zero-order valence-corrected chi connectivity index (χ0v) is 20.0. The van der Waals surface area contributed by atoms with E-state index in [0.29, 0.717) is 16.6 Å². The number of phenolic OH excluding ortho intramolecular Hbond substituents is 1. The van der Waals surface area contributed by atoms with Crippen molar-refractivity contribution < 1.29 is 46.9 Å². The van der Waals surface area contributed by atoms with Crippen LogP contribution >= 0.6 is 7.37 Å². The molecule has 0 aromatic heterocycles. The van der Waals surface area contributed by atoms with Crippen LogP contribution in [0.3, 0.4) is 0 Å². The van der Waals surface area contributed by atoms with Gasteiger partial charge < -0.3 is 22.8 Å². The molecule has 145 valence electrons. The second kappa shape index (κ2) is 10.4. The first-order chi connectivity index (χ1) is 12.6. The van der Waals surface area contributed by atoms with Gasteiger partial charge in [-0.3, -0.25) is 4.57 Å². The van der Waals surface area contributed by atoms with Gasteiger partial charge in [0.05, 0.1) is 5.30 Å². The number of nitrogens with one attached hydrogen (secondary N) is 1. The van der Waals surface area contributed by atoms with Gasteiger partial charge in [0.15, 0.2) is 0 Å². The Labute approximate surface area is 192 Å². The summed E-state index contributed by atoms with van der Waals surface area (Å²) in [6.07, 6.45) is 0. The van der Waals surface area contributed by atoms with E-state index in [-0.39, 0.29) is 45.9 Å². The smallest absolute Gasteiger partial charge is 0.265 e. The summed E-state index contributed by atoms with van der Waals surface area (Å²) in [5.41, 5.74) is 10.6. The minimum atomic E-state index is -3.57. The average molecular weight is 470 g/mol. The first-order valence-corrected chi connectivity index (χ1v) is 10.3. The Hall–Kier alpha value is -1.45. The van der Waals surface area contributed by atoms with E-state index in [1.807, 2.05) is 44.2 Å². The molecule has 0 fully saturated rings. The van der Waals surface area contributed by atoms with Gasteiger partial charge in [0.25, 0.3) is 7.37 Å². The van der Waals surface area contributed by atoms with E-state index in [0.717, 1.165) is 11.1 Å². The van der Waals surface area contributed by atoms with Gasteiger partial charge in [-0.2, -0.15) is 0 Å². The van der Waals surface area contributed by atoms with E-state index in [4.69, 9.17) is 10.3 Å². The van der Waals surface area contributed by atoms with Gasteiger partial charge in [0.1, 0.15) is 11.5 Å². The van der Waals surface area contributed by atoms with Gasteiger partial charge in [0.2, 0.25) is 0 Å². The minimum Gasteiger partial charge on any atom is -0.661 e. The van der Waals surface area contributed by atoms with Crippen molar-refractivity contribution in [3.63, 3.8) is 0 Å². The van der Waals surface area contributed by atoms with E-state index in [2.05, 4.69) is 0 Å². The Balaban J connectivity index is 0.000000950. The molecule has 1 aliphatic rings. The number of benzene rings is 3. The minimum absolute atomic E-state index is 0. The third-order valence-electron chi connectivity index (χ3n) is 4.22. The number of hydrogen-bond acceptors (Lipinski definition) is 3. The molecular weight excluding hydrogens is 446 g/mol. The first kappa shape index (κ1) is 24.6. The maximum Gasteiger partial charge on any atom is 0.265 e. The molecule has 1 aliphatic heterocycles. The topological polar surface area (TPSA) is 70.3 Å². The second-order valence-corrected chi connectivity index (χ2v) is 8.04. The molecule has 0 saturated carbocycles. The average Bonchev–Trinajstić information content (AvgIpc) is 2.70. The van der Waals surface area contributed by atoms with E-state index in [9.17, 15) is 9.67 Å². The quantitative estimate of drug-likeness (QED) is 0.340. The molecule has 0 amide bonds. The Morgan fingerprint density at radius 1 is 0.893 bits per heavy atom. The van der Waals surface area contributed by atoms with Crippen LogP contribution in [0.25, 0.3) is 16.9 Å². The van der Waals surface area contributed by atoms with Crippen LogP contribution in [-0.2, 0) is 37.3 Å². The van der Waals surface area contributed by atoms with Crippen molar-refractivity contribution in [1.82, 2.24) is 0 Å². The van der Waals surface area contributed by atoms with Crippen molar-refractivity contribution in [2.75, 3.05) is 0 Å². The van der Waals surface area contributed by atoms with Crippen LogP contribution in [-0.4, -0.2) is 5.11 Å². The van der Waals surface area contributed by atoms with Crippen molar-refractivity contribution in [3.05, 3.63) is 91.5 Å². The van der Waals surface area contributed by atoms with Crippen LogP contribution in [0.1, 0.15) is 25.2 Å². The van der Waals surface area contributed by atoms with Crippen molar-refractivity contribution in [2.24, 2.45) is 0 Å². The van der Waals surface area contributed by atoms with E-state index < -0.39 is 13.2 Å². The van der Waals surface area contributed by atoms with E-state index >= 15 is 0 Å². The summed E-state index contributed by atoms with van der Waals surface area (Å²) in [6.45, 7) is 4.00. The number of rotatable bonds is 2. The molecule has 6 heteroatoms. The Morgan fingerprint density at radius 2 is 1.43 bits per heavy atom. The van der Waals surface area contributed by atoms with Crippen LogP contribution in [0.5, 0.6) is 11.5 Å². The van der Waals surface area contributed by atoms with Crippen LogP contribution in [0.4, 0.5) is 0 Å². The third kappa shape index (κ3) is 4.26. The van der Waals surface area contributed by atoms with Gasteiger partial charge in [-0.25, -0.2) is 0 Å². The molecule has 2 N–H and O–H groups in total. The van der Waals surface area contributed by atoms with Crippen molar-refractivity contribution >= 4 is 12.7 Å². The normalized spacial score (nSPS) is 17.1. The molecule has 4 nitrogen and oxygen atoms in total. The van der Waals surface area contributed by atoms with Crippen molar-refractivity contribution in [1.29, 1.82) is 0 Å². The summed E-state index contributed by atoms with van der Waals surface area (Å²) in [5, 5.41) is 10.6. The number of hydrogen-bond donors (Lipinski definition) is 1. The van der Waals surface area contributed by atoms with Crippen LogP contribution in [0.2, 0.25) is 0 Å². The molecule has 4 rings (SSSR count). The summed E-state index contributed by atoms with van der Waals surface area (Å²) in [6, 6.07) is 21.2. The van der Waals surface area contributed by atoms with Gasteiger partial charge >= 0.3 is 0 Å². The molecule has 0 aliphatic carbocycles. The second-order valence-electron chi connectivity index (χ2n) is 5.66. The zero-order chi connectivity index (χ0) is 18.7. The monoisotopic (exact) mass is 470 g/mol. The molecule has 1 heterocycles. The van der Waals surface area contributed by atoms with E-state index in [1.165, 1.54) is 6.07 Å². The molecule has 3 aromatic carbocycles. The van der Waals surface area contributed by atoms with Crippen molar-refractivity contribution in [3.8, 4) is 22.6 Å². The molecule has 28 heavy (non-hydrogen) atoms. The summed E-state index contributed by atoms with van der Waals surface area (Å²) in [5.74, 6) is -0.743. The fraction of sp³-hybridized carbons (Fsp3) is 0.136. The molecule has 0 spiro atoms. The maximum atomic E-state index is 13.8. The molecule has 2 unspecified atom stereocenters. The Morgan fingerprint density at radius 3 is 2.11 bits per heavy atom. The number of fused-ring (bicyclic) bond motifs is 3. The van der Waals surface area contributed by atoms with Gasteiger partial charge in [0, 0.05) is 38.3 Å². The standard InChI is InChI=1S/C19H15NO3P.C2H6.CH3.Y/c20-19(15-9-1-4-10-16(15)21)24(22)18-12-6-3-8-14(18)13-7-2-5-11-17(13)23-24;1-2;;/h1-12,19-21H;1-2H3;1H3;/q-1;;-1;. The first-order valence-electron chi connectivity index (χ1n) is 8.58. The summed E-state index contributed by atoms with van der Waals surface area (Å²) in [7, 11) is -3.57. The van der Waals surface area contributed by atoms with Crippen LogP contribution in [0.15, 0.2) is 72.8 Å². The molecule has 0 saturated heterocycles. The largest absolute Gasteiger partial charge is 0.661 e. The fourth-order valence-electron chi connectivity index (χ4n) is 3.03. The Bertz CT molecular complexity index is 977. The fourth-order valence-corrected chi connectivity index (χ4v) is 5.37. The maximum absolute atomic E-state index is 13.8. The SMILES string of the molecule is CC.[CH3-].[NH-]C(c1ccccc1O)P1(=O)Oc2ccccc2-c2ccccc21.[Y]. The third-order valence-corrected chi connectivity index (χ3v) is 6.71. The summed E-state index contributed by atoms with van der Waals surface area (Å²) in [4.78, 5) is 0. The molecule has 0 bridgehead atoms. The molecular formula is C22H24NO3PY-2. The van der Waals surface area contributed by atoms with Crippen molar-refractivity contribution in [2.45, 2.75) is 19.6 Å². The van der Waals surface area contributed by atoms with Crippen LogP contribution < -0.4 is 9.83 Å². The molecule has 3 aromatic rings. The summed E-state index contributed by atoms with van der Waals surface area (Å²) >= 11 is 0. The Kier molecular flexibility index (Phi) is 9.10. The summed E-state index contributed by atoms with van der Waals surface area (Å²) < 4.78 is 19.6. The zero-order valence-electron chi connectivity index (χ0n) is 16.3. The predicted molar refractivity (Wildman–Crippen MR) is 113 cm³/mol. The van der Waals surface area contributed by atoms with Gasteiger partial charge in [-0.1, -0.05) is 68.4 Å². The molecule has 2 atom stereocenters. The molecule has 1 radical (unpaired) electrons.